The molecule has 0 saturated carbocycles. The van der Waals surface area contributed by atoms with E-state index < -0.39 is 0 Å². The number of nitrogens with zero attached hydrogens (tertiary/aromatic N) is 1. The quantitative estimate of drug-likeness (QED) is 0.816. The highest BCUT2D eigenvalue weighted by Crippen LogP contribution is 2.20. The second kappa shape index (κ2) is 7.74. The van der Waals surface area contributed by atoms with Crippen molar-refractivity contribution >= 4 is 0 Å². The fourth-order valence-electron chi connectivity index (χ4n) is 2.95. The van der Waals surface area contributed by atoms with Crippen LogP contribution in [0.2, 0.25) is 0 Å². The molecule has 0 aromatic heterocycles. The number of hydrogen-bond donors (Lipinski definition) is 1. The molecule has 2 rings (SSSR count). The predicted octanol–water partition coefficient (Wildman–Crippen LogP) is 1.29. The standard InChI is InChI=1S/C16H26N2O2/c1-19-15-11-18(12-16(15)20-2)14(10-17)9-8-13-6-4-3-5-7-13/h3-7,14-16H,8-12,17H2,1-2H3. The Kier molecular flexibility index (Phi) is 5.98. The van der Waals surface area contributed by atoms with E-state index in [1.807, 2.05) is 0 Å². The maximum absolute atomic E-state index is 5.97. The van der Waals surface area contributed by atoms with E-state index in [1.165, 1.54) is 5.56 Å². The van der Waals surface area contributed by atoms with Gasteiger partial charge in [0.25, 0.3) is 0 Å². The molecule has 1 aliphatic heterocycles. The van der Waals surface area contributed by atoms with Gasteiger partial charge in [0.1, 0.15) is 0 Å². The Morgan fingerprint density at radius 1 is 1.15 bits per heavy atom. The van der Waals surface area contributed by atoms with Gasteiger partial charge in [-0.1, -0.05) is 30.3 Å². The van der Waals surface area contributed by atoms with Crippen molar-refractivity contribution in [2.45, 2.75) is 31.1 Å². The highest BCUT2D eigenvalue weighted by Gasteiger charge is 2.35. The Balaban J connectivity index is 1.89. The lowest BCUT2D eigenvalue weighted by atomic mass is 10.0. The van der Waals surface area contributed by atoms with E-state index in [0.29, 0.717) is 12.6 Å². The molecule has 3 atom stereocenters. The minimum absolute atomic E-state index is 0.158. The lowest BCUT2D eigenvalue weighted by Gasteiger charge is -2.26. The number of aryl methyl sites for hydroxylation is 1. The molecule has 0 aliphatic carbocycles. The van der Waals surface area contributed by atoms with Gasteiger partial charge in [-0.05, 0) is 18.4 Å². The number of nitrogens with two attached hydrogens (primary N) is 1. The van der Waals surface area contributed by atoms with E-state index in [1.54, 1.807) is 14.2 Å². The molecule has 1 aromatic carbocycles. The smallest absolute Gasteiger partial charge is 0.0971 e. The summed E-state index contributed by atoms with van der Waals surface area (Å²) < 4.78 is 11.0. The SMILES string of the molecule is COC1CN(C(CN)CCc2ccccc2)CC1OC. The monoisotopic (exact) mass is 278 g/mol. The van der Waals surface area contributed by atoms with Gasteiger partial charge in [0, 0.05) is 39.9 Å². The van der Waals surface area contributed by atoms with Crippen LogP contribution in [0.25, 0.3) is 0 Å². The zero-order valence-corrected chi connectivity index (χ0v) is 12.5. The topological polar surface area (TPSA) is 47.7 Å². The maximum Gasteiger partial charge on any atom is 0.0971 e. The second-order valence-electron chi connectivity index (χ2n) is 5.42. The third-order valence-electron chi connectivity index (χ3n) is 4.25. The number of likely N-dealkylation sites (tertiary alicyclic amines) is 1. The first kappa shape index (κ1) is 15.4. The van der Waals surface area contributed by atoms with Crippen LogP contribution in [0.1, 0.15) is 12.0 Å². The molecule has 3 unspecified atom stereocenters. The van der Waals surface area contributed by atoms with E-state index in [-0.39, 0.29) is 12.2 Å². The maximum atomic E-state index is 5.97. The zero-order valence-electron chi connectivity index (χ0n) is 12.5. The predicted molar refractivity (Wildman–Crippen MR) is 80.8 cm³/mol. The number of benzene rings is 1. The molecule has 1 heterocycles. The van der Waals surface area contributed by atoms with Crippen molar-refractivity contribution in [3.05, 3.63) is 35.9 Å². The van der Waals surface area contributed by atoms with E-state index in [9.17, 15) is 0 Å². The van der Waals surface area contributed by atoms with E-state index in [0.717, 1.165) is 25.9 Å². The number of ether oxygens (including phenoxy) is 2. The highest BCUT2D eigenvalue weighted by molar-refractivity contribution is 5.14. The van der Waals surface area contributed by atoms with E-state index in [4.69, 9.17) is 15.2 Å². The molecular formula is C16H26N2O2. The van der Waals surface area contributed by atoms with E-state index >= 15 is 0 Å². The first-order chi connectivity index (χ1) is 9.78. The molecule has 0 spiro atoms. The van der Waals surface area contributed by atoms with Crippen LogP contribution in [0.4, 0.5) is 0 Å². The fraction of sp³-hybridized carbons (Fsp3) is 0.625. The van der Waals surface area contributed by atoms with Crippen molar-refractivity contribution in [3.8, 4) is 0 Å². The van der Waals surface area contributed by atoms with Gasteiger partial charge in [-0.3, -0.25) is 4.90 Å². The van der Waals surface area contributed by atoms with Crippen LogP contribution in [0.5, 0.6) is 0 Å². The van der Waals surface area contributed by atoms with Crippen LogP contribution in [0.15, 0.2) is 30.3 Å². The molecule has 1 aliphatic rings. The molecule has 0 radical (unpaired) electrons. The van der Waals surface area contributed by atoms with Crippen molar-refractivity contribution in [1.82, 2.24) is 4.90 Å². The number of hydrogen-bond acceptors (Lipinski definition) is 4. The zero-order chi connectivity index (χ0) is 14.4. The van der Waals surface area contributed by atoms with Gasteiger partial charge in [-0.15, -0.1) is 0 Å². The normalized spacial score (nSPS) is 24.9. The summed E-state index contributed by atoms with van der Waals surface area (Å²) in [6, 6.07) is 11.0. The summed E-state index contributed by atoms with van der Waals surface area (Å²) in [5.74, 6) is 0. The molecule has 2 N–H and O–H groups in total. The van der Waals surface area contributed by atoms with Crippen LogP contribution in [0.3, 0.4) is 0 Å². The third-order valence-corrected chi connectivity index (χ3v) is 4.25. The van der Waals surface area contributed by atoms with Crippen molar-refractivity contribution in [2.75, 3.05) is 33.9 Å². The average Bonchev–Trinajstić information content (AvgIpc) is 2.92. The first-order valence-electron chi connectivity index (χ1n) is 7.32. The Hall–Kier alpha value is -0.940. The van der Waals surface area contributed by atoms with Gasteiger partial charge in [0.2, 0.25) is 0 Å². The summed E-state index contributed by atoms with van der Waals surface area (Å²) in [5, 5.41) is 0. The molecule has 1 fully saturated rings. The second-order valence-corrected chi connectivity index (χ2v) is 5.42. The van der Waals surface area contributed by atoms with Gasteiger partial charge < -0.3 is 15.2 Å². The Morgan fingerprint density at radius 2 is 1.75 bits per heavy atom. The number of rotatable bonds is 7. The van der Waals surface area contributed by atoms with Gasteiger partial charge >= 0.3 is 0 Å². The molecule has 0 amide bonds. The summed E-state index contributed by atoms with van der Waals surface area (Å²) >= 11 is 0. The van der Waals surface area contributed by atoms with Crippen molar-refractivity contribution < 1.29 is 9.47 Å². The van der Waals surface area contributed by atoms with Crippen LogP contribution >= 0.6 is 0 Å². The summed E-state index contributed by atoms with van der Waals surface area (Å²) in [5.41, 5.74) is 7.34. The van der Waals surface area contributed by atoms with Crippen molar-refractivity contribution in [1.29, 1.82) is 0 Å². The van der Waals surface area contributed by atoms with Crippen LogP contribution in [-0.4, -0.2) is 57.0 Å². The minimum Gasteiger partial charge on any atom is -0.377 e. The molecular weight excluding hydrogens is 252 g/mol. The molecule has 1 saturated heterocycles. The van der Waals surface area contributed by atoms with Gasteiger partial charge in [0.15, 0.2) is 0 Å². The highest BCUT2D eigenvalue weighted by atomic mass is 16.5. The lowest BCUT2D eigenvalue weighted by molar-refractivity contribution is -0.00461. The number of methoxy groups -OCH3 is 2. The Labute approximate surface area is 121 Å². The summed E-state index contributed by atoms with van der Waals surface area (Å²) in [4.78, 5) is 2.41. The van der Waals surface area contributed by atoms with Crippen molar-refractivity contribution in [2.24, 2.45) is 5.73 Å². The van der Waals surface area contributed by atoms with E-state index in [2.05, 4.69) is 35.2 Å². The average molecular weight is 278 g/mol. The van der Waals surface area contributed by atoms with Gasteiger partial charge in [0.05, 0.1) is 12.2 Å². The lowest BCUT2D eigenvalue weighted by Crippen LogP contribution is -2.40. The van der Waals surface area contributed by atoms with Crippen molar-refractivity contribution in [3.63, 3.8) is 0 Å². The largest absolute Gasteiger partial charge is 0.377 e. The molecule has 1 aromatic rings. The Morgan fingerprint density at radius 3 is 2.25 bits per heavy atom. The molecule has 0 bridgehead atoms. The van der Waals surface area contributed by atoms with Crippen LogP contribution in [-0.2, 0) is 15.9 Å². The third kappa shape index (κ3) is 3.79. The Bertz CT molecular complexity index is 373. The fourth-order valence-corrected chi connectivity index (χ4v) is 2.95. The molecule has 20 heavy (non-hydrogen) atoms. The van der Waals surface area contributed by atoms with Gasteiger partial charge in [-0.2, -0.15) is 0 Å². The summed E-state index contributed by atoms with van der Waals surface area (Å²) in [6.07, 6.45) is 2.46. The molecule has 4 heteroatoms. The van der Waals surface area contributed by atoms with Crippen LogP contribution < -0.4 is 5.73 Å². The molecule has 4 nitrogen and oxygen atoms in total. The minimum atomic E-state index is 0.158. The summed E-state index contributed by atoms with van der Waals surface area (Å²) in [7, 11) is 3.50. The van der Waals surface area contributed by atoms with Gasteiger partial charge in [-0.25, -0.2) is 0 Å². The molecule has 112 valence electrons. The van der Waals surface area contributed by atoms with Crippen LogP contribution in [0, 0.1) is 0 Å². The first-order valence-corrected chi connectivity index (χ1v) is 7.32. The summed E-state index contributed by atoms with van der Waals surface area (Å²) in [6.45, 7) is 2.50.